The summed E-state index contributed by atoms with van der Waals surface area (Å²) in [6, 6.07) is 12.0. The smallest absolute Gasteiger partial charge is 0.259 e. The first-order chi connectivity index (χ1) is 8.33. The van der Waals surface area contributed by atoms with Crippen LogP contribution in [0, 0.1) is 0 Å². The quantitative estimate of drug-likeness (QED) is 0.730. The lowest BCUT2D eigenvalue weighted by atomic mass is 10.1. The Hall–Kier alpha value is -2.09. The van der Waals surface area contributed by atoms with Crippen LogP contribution in [0.3, 0.4) is 0 Å². The summed E-state index contributed by atoms with van der Waals surface area (Å²) in [5, 5.41) is 2.22. The Labute approximate surface area is 100 Å². The first-order valence-electron chi connectivity index (χ1n) is 5.77. The van der Waals surface area contributed by atoms with E-state index >= 15 is 0 Å². The second-order valence-corrected chi connectivity index (χ2v) is 4.21. The lowest BCUT2D eigenvalue weighted by Gasteiger charge is -2.16. The van der Waals surface area contributed by atoms with Crippen LogP contribution in [-0.4, -0.2) is 12.5 Å². The van der Waals surface area contributed by atoms with Crippen LogP contribution in [-0.2, 0) is 0 Å². The average Bonchev–Trinajstić information content (AvgIpc) is 2.64. The highest BCUT2D eigenvalue weighted by molar-refractivity contribution is 6.24. The summed E-state index contributed by atoms with van der Waals surface area (Å²) in [5.41, 5.74) is 1.85. The fourth-order valence-electron chi connectivity index (χ4n) is 2.42. The molecule has 0 saturated carbocycles. The molecular formula is C15H13NO. The Balaban J connectivity index is 2.20. The number of benzene rings is 2. The molecule has 0 spiro atoms. The van der Waals surface area contributed by atoms with Crippen molar-refractivity contribution in [3.8, 4) is 0 Å². The number of nitrogens with zero attached hydrogens (tertiary/aromatic N) is 1. The number of hydrogen-bond acceptors (Lipinski definition) is 1. The van der Waals surface area contributed by atoms with Crippen molar-refractivity contribution in [2.24, 2.45) is 0 Å². The van der Waals surface area contributed by atoms with Gasteiger partial charge in [-0.2, -0.15) is 0 Å². The van der Waals surface area contributed by atoms with E-state index in [4.69, 9.17) is 0 Å². The van der Waals surface area contributed by atoms with Crippen LogP contribution in [0.25, 0.3) is 10.8 Å². The van der Waals surface area contributed by atoms with Gasteiger partial charge in [0.05, 0.1) is 5.69 Å². The molecule has 2 heteroatoms. The van der Waals surface area contributed by atoms with Crippen LogP contribution in [0.5, 0.6) is 0 Å². The number of anilines is 1. The molecule has 3 rings (SSSR count). The molecule has 0 aromatic heterocycles. The zero-order valence-electron chi connectivity index (χ0n) is 9.52. The van der Waals surface area contributed by atoms with Gasteiger partial charge in [-0.15, -0.1) is 6.58 Å². The van der Waals surface area contributed by atoms with E-state index < -0.39 is 0 Å². The molecule has 0 atom stereocenters. The summed E-state index contributed by atoms with van der Waals surface area (Å²) in [4.78, 5) is 14.1. The average molecular weight is 223 g/mol. The van der Waals surface area contributed by atoms with Crippen LogP contribution < -0.4 is 4.90 Å². The van der Waals surface area contributed by atoms with E-state index in [-0.39, 0.29) is 5.91 Å². The molecule has 0 fully saturated rings. The number of carbonyl (C=O) groups is 1. The molecule has 0 unspecified atom stereocenters. The molecule has 2 nitrogen and oxygen atoms in total. The maximum absolute atomic E-state index is 12.3. The normalized spacial score (nSPS) is 13.4. The topological polar surface area (TPSA) is 20.3 Å². The number of amides is 1. The molecule has 84 valence electrons. The van der Waals surface area contributed by atoms with Gasteiger partial charge in [-0.1, -0.05) is 30.3 Å². The van der Waals surface area contributed by atoms with E-state index in [1.54, 1.807) is 0 Å². The molecule has 0 aliphatic carbocycles. The Morgan fingerprint density at radius 2 is 1.94 bits per heavy atom. The van der Waals surface area contributed by atoms with Crippen LogP contribution in [0.4, 0.5) is 5.69 Å². The molecule has 1 amide bonds. The predicted molar refractivity (Wildman–Crippen MR) is 70.4 cm³/mol. The summed E-state index contributed by atoms with van der Waals surface area (Å²) in [6.45, 7) is 4.41. The van der Waals surface area contributed by atoms with Crippen molar-refractivity contribution in [1.82, 2.24) is 0 Å². The number of hydrogen-bond donors (Lipinski definition) is 0. The molecule has 0 N–H and O–H groups in total. The van der Waals surface area contributed by atoms with Crippen LogP contribution in [0.2, 0.25) is 0 Å². The van der Waals surface area contributed by atoms with Crippen molar-refractivity contribution in [3.05, 3.63) is 54.6 Å². The second-order valence-electron chi connectivity index (χ2n) is 4.21. The fourth-order valence-corrected chi connectivity index (χ4v) is 2.42. The van der Waals surface area contributed by atoms with Crippen molar-refractivity contribution < 1.29 is 4.79 Å². The third-order valence-corrected chi connectivity index (χ3v) is 3.21. The Morgan fingerprint density at radius 1 is 1.18 bits per heavy atom. The second kappa shape index (κ2) is 3.74. The van der Waals surface area contributed by atoms with Gasteiger partial charge < -0.3 is 4.90 Å². The minimum absolute atomic E-state index is 0.110. The highest BCUT2D eigenvalue weighted by Crippen LogP contribution is 2.36. The van der Waals surface area contributed by atoms with Crippen LogP contribution in [0.15, 0.2) is 49.1 Å². The van der Waals surface area contributed by atoms with E-state index in [1.165, 1.54) is 0 Å². The van der Waals surface area contributed by atoms with E-state index in [1.807, 2.05) is 47.4 Å². The van der Waals surface area contributed by atoms with Gasteiger partial charge in [0.15, 0.2) is 0 Å². The van der Waals surface area contributed by atoms with Crippen molar-refractivity contribution in [3.63, 3.8) is 0 Å². The first kappa shape index (κ1) is 10.1. The summed E-state index contributed by atoms with van der Waals surface area (Å²) >= 11 is 0. The molecule has 0 radical (unpaired) electrons. The number of rotatable bonds is 3. The largest absolute Gasteiger partial charge is 0.307 e. The molecule has 0 bridgehead atoms. The molecule has 1 aliphatic rings. The van der Waals surface area contributed by atoms with Gasteiger partial charge in [0.25, 0.3) is 5.91 Å². The standard InChI is InChI=1S/C15H13NO/c1-2-3-10-16-13-9-5-7-11-6-4-8-12(14(11)13)15(16)17/h2,4-9H,1,3,10H2. The van der Waals surface area contributed by atoms with Gasteiger partial charge in [0, 0.05) is 17.5 Å². The minimum atomic E-state index is 0.110. The zero-order valence-corrected chi connectivity index (χ0v) is 9.52. The fraction of sp³-hybridized carbons (Fsp3) is 0.133. The minimum Gasteiger partial charge on any atom is -0.307 e. The summed E-state index contributed by atoms with van der Waals surface area (Å²) in [7, 11) is 0. The van der Waals surface area contributed by atoms with E-state index in [0.29, 0.717) is 6.54 Å². The molecule has 1 heterocycles. The van der Waals surface area contributed by atoms with Crippen LogP contribution in [0.1, 0.15) is 16.8 Å². The molecular weight excluding hydrogens is 210 g/mol. The molecule has 1 aliphatic heterocycles. The predicted octanol–water partition coefficient (Wildman–Crippen LogP) is 3.38. The Morgan fingerprint density at radius 3 is 2.71 bits per heavy atom. The molecule has 17 heavy (non-hydrogen) atoms. The van der Waals surface area contributed by atoms with Gasteiger partial charge in [-0.3, -0.25) is 4.79 Å². The maximum atomic E-state index is 12.3. The summed E-state index contributed by atoms with van der Waals surface area (Å²) in [5.74, 6) is 0.110. The highest BCUT2D eigenvalue weighted by atomic mass is 16.2. The Kier molecular flexibility index (Phi) is 2.22. The molecule has 0 saturated heterocycles. The summed E-state index contributed by atoms with van der Waals surface area (Å²) < 4.78 is 0. The third-order valence-electron chi connectivity index (χ3n) is 3.21. The van der Waals surface area contributed by atoms with Gasteiger partial charge >= 0.3 is 0 Å². The SMILES string of the molecule is C=CCCN1C(=O)c2cccc3cccc1c23. The van der Waals surface area contributed by atoms with E-state index in [0.717, 1.165) is 28.4 Å². The van der Waals surface area contributed by atoms with Crippen molar-refractivity contribution in [2.45, 2.75) is 6.42 Å². The molecule has 2 aromatic carbocycles. The lowest BCUT2D eigenvalue weighted by Crippen LogP contribution is -2.27. The van der Waals surface area contributed by atoms with Gasteiger partial charge in [-0.05, 0) is 23.9 Å². The van der Waals surface area contributed by atoms with Crippen LogP contribution >= 0.6 is 0 Å². The molecule has 2 aromatic rings. The van der Waals surface area contributed by atoms with Gasteiger partial charge in [0.1, 0.15) is 0 Å². The first-order valence-corrected chi connectivity index (χ1v) is 5.77. The third kappa shape index (κ3) is 1.37. The lowest BCUT2D eigenvalue weighted by molar-refractivity contribution is 0.0993. The zero-order chi connectivity index (χ0) is 11.8. The maximum Gasteiger partial charge on any atom is 0.259 e. The van der Waals surface area contributed by atoms with Crippen molar-refractivity contribution >= 4 is 22.4 Å². The van der Waals surface area contributed by atoms with E-state index in [2.05, 4.69) is 6.58 Å². The van der Waals surface area contributed by atoms with E-state index in [9.17, 15) is 4.79 Å². The summed E-state index contributed by atoms with van der Waals surface area (Å²) in [6.07, 6.45) is 2.66. The Bertz CT molecular complexity index is 610. The highest BCUT2D eigenvalue weighted by Gasteiger charge is 2.28. The monoisotopic (exact) mass is 223 g/mol. The number of carbonyl (C=O) groups excluding carboxylic acids is 1. The van der Waals surface area contributed by atoms with Gasteiger partial charge in [0.2, 0.25) is 0 Å². The van der Waals surface area contributed by atoms with Crippen molar-refractivity contribution in [2.75, 3.05) is 11.4 Å². The van der Waals surface area contributed by atoms with Crippen molar-refractivity contribution in [1.29, 1.82) is 0 Å². The van der Waals surface area contributed by atoms with Gasteiger partial charge in [-0.25, -0.2) is 0 Å².